The number of rotatable bonds is 3. The predicted molar refractivity (Wildman–Crippen MR) is 89.5 cm³/mol. The van der Waals surface area contributed by atoms with Gasteiger partial charge in [0.15, 0.2) is 6.10 Å². The molecular formula is C14H6Cl5FO3. The highest BCUT2D eigenvalue weighted by Gasteiger charge is 2.23. The number of benzene rings is 2. The molecule has 2 aromatic rings. The largest absolute Gasteiger partial charge is 0.479 e. The molecule has 0 aliphatic heterocycles. The van der Waals surface area contributed by atoms with Gasteiger partial charge in [-0.05, 0) is 11.6 Å². The van der Waals surface area contributed by atoms with E-state index >= 15 is 0 Å². The van der Waals surface area contributed by atoms with Crippen LogP contribution in [0.25, 0.3) is 11.1 Å². The maximum Gasteiger partial charge on any atom is 0.337 e. The van der Waals surface area contributed by atoms with E-state index in [-0.39, 0.29) is 36.2 Å². The summed E-state index contributed by atoms with van der Waals surface area (Å²) in [5.41, 5.74) is -0.0676. The third-order valence-corrected chi connectivity index (χ3v) is 5.30. The molecule has 1 atom stereocenters. The average molecular weight is 418 g/mol. The summed E-state index contributed by atoms with van der Waals surface area (Å²) in [4.78, 5) is 10.7. The Morgan fingerprint density at radius 1 is 0.957 bits per heavy atom. The summed E-state index contributed by atoms with van der Waals surface area (Å²) in [7, 11) is 0. The second-order valence-electron chi connectivity index (χ2n) is 4.42. The Morgan fingerprint density at radius 3 is 1.87 bits per heavy atom. The van der Waals surface area contributed by atoms with Gasteiger partial charge in [-0.1, -0.05) is 70.1 Å². The number of halogens is 6. The molecule has 0 aliphatic carbocycles. The summed E-state index contributed by atoms with van der Waals surface area (Å²) in [6.07, 6.45) is -1.99. The highest BCUT2D eigenvalue weighted by molar-refractivity contribution is 6.56. The highest BCUT2D eigenvalue weighted by atomic mass is 35.5. The lowest BCUT2D eigenvalue weighted by molar-refractivity contribution is -0.147. The van der Waals surface area contributed by atoms with Gasteiger partial charge in [-0.2, -0.15) is 0 Å². The van der Waals surface area contributed by atoms with Gasteiger partial charge in [-0.3, -0.25) is 0 Å². The lowest BCUT2D eigenvalue weighted by Gasteiger charge is -2.14. The SMILES string of the molecule is O=C(O)C(O)c1ccc(-c2c(Cl)c(Cl)c(Cl)c(Cl)c2Cl)cc1F. The molecule has 3 nitrogen and oxygen atoms in total. The van der Waals surface area contributed by atoms with Crippen molar-refractivity contribution >= 4 is 64.0 Å². The first-order valence-electron chi connectivity index (χ1n) is 5.89. The van der Waals surface area contributed by atoms with Gasteiger partial charge in [0.25, 0.3) is 0 Å². The summed E-state index contributed by atoms with van der Waals surface area (Å²) < 4.78 is 14.1. The molecular weight excluding hydrogens is 412 g/mol. The van der Waals surface area contributed by atoms with Gasteiger partial charge in [0, 0.05) is 11.1 Å². The highest BCUT2D eigenvalue weighted by Crippen LogP contribution is 2.48. The molecule has 2 aromatic carbocycles. The van der Waals surface area contributed by atoms with Crippen molar-refractivity contribution in [1.82, 2.24) is 0 Å². The van der Waals surface area contributed by atoms with E-state index < -0.39 is 23.5 Å². The summed E-state index contributed by atoms with van der Waals surface area (Å²) in [5.74, 6) is -2.53. The van der Waals surface area contributed by atoms with Gasteiger partial charge in [0.05, 0.1) is 25.1 Å². The molecule has 0 saturated heterocycles. The van der Waals surface area contributed by atoms with Crippen molar-refractivity contribution in [2.24, 2.45) is 0 Å². The number of aliphatic carboxylic acids is 1. The molecule has 0 radical (unpaired) electrons. The Labute approximate surface area is 155 Å². The van der Waals surface area contributed by atoms with Crippen molar-refractivity contribution in [1.29, 1.82) is 0 Å². The molecule has 9 heteroatoms. The van der Waals surface area contributed by atoms with E-state index in [0.29, 0.717) is 0 Å². The third-order valence-electron chi connectivity index (χ3n) is 3.03. The number of carboxylic acid groups (broad SMARTS) is 1. The van der Waals surface area contributed by atoms with Crippen molar-refractivity contribution in [3.05, 3.63) is 54.7 Å². The van der Waals surface area contributed by atoms with Crippen LogP contribution in [0, 0.1) is 5.82 Å². The Hall–Kier alpha value is -0.750. The van der Waals surface area contributed by atoms with E-state index in [1.165, 1.54) is 6.07 Å². The lowest BCUT2D eigenvalue weighted by Crippen LogP contribution is -2.12. The smallest absolute Gasteiger partial charge is 0.337 e. The normalized spacial score (nSPS) is 12.3. The van der Waals surface area contributed by atoms with Crippen LogP contribution >= 0.6 is 58.0 Å². The summed E-state index contributed by atoms with van der Waals surface area (Å²) >= 11 is 30.0. The monoisotopic (exact) mass is 416 g/mol. The molecule has 0 fully saturated rings. The van der Waals surface area contributed by atoms with Crippen LogP contribution < -0.4 is 0 Å². The van der Waals surface area contributed by atoms with E-state index in [2.05, 4.69) is 0 Å². The number of aliphatic hydroxyl groups excluding tert-OH is 1. The summed E-state index contributed by atoms with van der Waals surface area (Å²) in [5, 5.41) is 18.0. The molecule has 2 N–H and O–H groups in total. The molecule has 23 heavy (non-hydrogen) atoms. The van der Waals surface area contributed by atoms with Crippen LogP contribution in [0.4, 0.5) is 4.39 Å². The zero-order valence-electron chi connectivity index (χ0n) is 10.9. The van der Waals surface area contributed by atoms with Gasteiger partial charge in [0.1, 0.15) is 5.82 Å². The fraction of sp³-hybridized carbons (Fsp3) is 0.0714. The Bertz CT molecular complexity index is 780. The molecule has 122 valence electrons. The van der Waals surface area contributed by atoms with Gasteiger partial charge >= 0.3 is 5.97 Å². The van der Waals surface area contributed by atoms with E-state index in [0.717, 1.165) is 12.1 Å². The number of hydrogen-bond acceptors (Lipinski definition) is 2. The van der Waals surface area contributed by atoms with Crippen LogP contribution in [0.1, 0.15) is 11.7 Å². The van der Waals surface area contributed by atoms with Crippen LogP contribution in [-0.4, -0.2) is 16.2 Å². The van der Waals surface area contributed by atoms with Crippen LogP contribution in [0.2, 0.25) is 25.1 Å². The minimum atomic E-state index is -1.99. The van der Waals surface area contributed by atoms with Crippen LogP contribution in [-0.2, 0) is 4.79 Å². The first kappa shape index (κ1) is 18.6. The second-order valence-corrected chi connectivity index (χ2v) is 6.31. The first-order chi connectivity index (χ1) is 10.7. The quantitative estimate of drug-likeness (QED) is 0.484. The number of carboxylic acids is 1. The molecule has 0 aliphatic rings. The molecule has 0 heterocycles. The maximum atomic E-state index is 14.1. The molecule has 0 saturated carbocycles. The summed E-state index contributed by atoms with van der Waals surface area (Å²) in [6, 6.07) is 3.40. The zero-order valence-corrected chi connectivity index (χ0v) is 14.7. The minimum Gasteiger partial charge on any atom is -0.479 e. The number of aliphatic hydroxyl groups is 1. The van der Waals surface area contributed by atoms with Crippen molar-refractivity contribution in [3.8, 4) is 11.1 Å². The number of carbonyl (C=O) groups is 1. The van der Waals surface area contributed by atoms with Gasteiger partial charge in [-0.25, -0.2) is 9.18 Å². The fourth-order valence-electron chi connectivity index (χ4n) is 1.90. The van der Waals surface area contributed by atoms with E-state index in [4.69, 9.17) is 63.1 Å². The predicted octanol–water partition coefficient (Wildman–Crippen LogP) is 5.88. The number of hydrogen-bond donors (Lipinski definition) is 2. The van der Waals surface area contributed by atoms with Crippen molar-refractivity contribution in [2.75, 3.05) is 0 Å². The lowest BCUT2D eigenvalue weighted by atomic mass is 10.0. The molecule has 0 aromatic heterocycles. The van der Waals surface area contributed by atoms with Gasteiger partial charge in [-0.15, -0.1) is 0 Å². The van der Waals surface area contributed by atoms with Crippen molar-refractivity contribution in [3.63, 3.8) is 0 Å². The third kappa shape index (κ3) is 3.38. The van der Waals surface area contributed by atoms with Crippen LogP contribution in [0.3, 0.4) is 0 Å². The van der Waals surface area contributed by atoms with E-state index in [1.54, 1.807) is 0 Å². The van der Waals surface area contributed by atoms with E-state index in [9.17, 15) is 14.3 Å². The summed E-state index contributed by atoms with van der Waals surface area (Å²) in [6.45, 7) is 0. The van der Waals surface area contributed by atoms with Crippen LogP contribution in [0.5, 0.6) is 0 Å². The second kappa shape index (κ2) is 7.01. The molecule has 0 amide bonds. The topological polar surface area (TPSA) is 57.5 Å². The van der Waals surface area contributed by atoms with E-state index in [1.807, 2.05) is 0 Å². The zero-order chi connectivity index (χ0) is 17.5. The standard InChI is InChI=1S/C14H6Cl5FO3/c15-8-7(9(16)11(18)12(19)10(8)17)4-1-2-5(6(20)3-4)13(21)14(22)23/h1-3,13,21H,(H,22,23). The molecule has 2 rings (SSSR count). The maximum absolute atomic E-state index is 14.1. The Kier molecular flexibility index (Phi) is 5.67. The molecule has 1 unspecified atom stereocenters. The fourth-order valence-corrected chi connectivity index (χ4v) is 3.25. The van der Waals surface area contributed by atoms with Crippen LogP contribution in [0.15, 0.2) is 18.2 Å². The van der Waals surface area contributed by atoms with Gasteiger partial charge < -0.3 is 10.2 Å². The minimum absolute atomic E-state index is 0.0306. The van der Waals surface area contributed by atoms with Gasteiger partial charge in [0.2, 0.25) is 0 Å². The Balaban J connectivity index is 2.66. The molecule has 0 bridgehead atoms. The Morgan fingerprint density at radius 2 is 1.43 bits per heavy atom. The average Bonchev–Trinajstić information content (AvgIpc) is 2.50. The molecule has 0 spiro atoms. The van der Waals surface area contributed by atoms with Crippen molar-refractivity contribution < 1.29 is 19.4 Å². The van der Waals surface area contributed by atoms with Crippen molar-refractivity contribution in [2.45, 2.75) is 6.10 Å². The first-order valence-corrected chi connectivity index (χ1v) is 7.78.